The molecule has 1 aliphatic rings. The van der Waals surface area contributed by atoms with E-state index in [0.717, 1.165) is 0 Å². The van der Waals surface area contributed by atoms with Gasteiger partial charge in [-0.05, 0) is 13.8 Å². The molecule has 0 saturated carbocycles. The summed E-state index contributed by atoms with van der Waals surface area (Å²) in [5.41, 5.74) is -0.539. The highest BCUT2D eigenvalue weighted by Gasteiger charge is 2.41. The highest BCUT2D eigenvalue weighted by Crippen LogP contribution is 2.33. The predicted molar refractivity (Wildman–Crippen MR) is 43.6 cm³/mol. The van der Waals surface area contributed by atoms with Crippen molar-refractivity contribution in [3.05, 3.63) is 0 Å². The second-order valence-corrected chi connectivity index (χ2v) is 3.85. The third-order valence-electron chi connectivity index (χ3n) is 2.11. The number of hydrogen-bond donors (Lipinski definition) is 0. The molecule has 0 amide bonds. The molecule has 68 valence electrons. The zero-order chi connectivity index (χ0) is 9.35. The second-order valence-electron chi connectivity index (χ2n) is 3.85. The van der Waals surface area contributed by atoms with Gasteiger partial charge in [0.15, 0.2) is 0 Å². The Bertz CT molecular complexity index is 218. The van der Waals surface area contributed by atoms with Crippen LogP contribution in [-0.2, 0) is 14.3 Å². The average Bonchev–Trinajstić information content (AvgIpc) is 2.04. The van der Waals surface area contributed by atoms with Crippen LogP contribution in [0.5, 0.6) is 0 Å². The Morgan fingerprint density at radius 3 is 2.67 bits per heavy atom. The van der Waals surface area contributed by atoms with E-state index in [2.05, 4.69) is 0 Å². The van der Waals surface area contributed by atoms with Crippen molar-refractivity contribution in [3.8, 4) is 0 Å². The summed E-state index contributed by atoms with van der Waals surface area (Å²) in [4.78, 5) is 21.9. The highest BCUT2D eigenvalue weighted by atomic mass is 16.6. The molecule has 2 atom stereocenters. The van der Waals surface area contributed by atoms with Crippen molar-refractivity contribution in [2.75, 3.05) is 0 Å². The molecular weight excluding hydrogens is 156 g/mol. The van der Waals surface area contributed by atoms with Crippen molar-refractivity contribution >= 4 is 11.8 Å². The SMILES string of the molecule is CC(=O)C[C@]1(C)C[C@H](C)C(=O)O1. The molecule has 1 rings (SSSR count). The number of cyclic esters (lactones) is 1. The van der Waals surface area contributed by atoms with Crippen LogP contribution in [0.3, 0.4) is 0 Å². The van der Waals surface area contributed by atoms with E-state index in [9.17, 15) is 9.59 Å². The van der Waals surface area contributed by atoms with E-state index in [4.69, 9.17) is 4.74 Å². The van der Waals surface area contributed by atoms with E-state index >= 15 is 0 Å². The van der Waals surface area contributed by atoms with Gasteiger partial charge in [0.05, 0.1) is 5.92 Å². The quantitative estimate of drug-likeness (QED) is 0.587. The molecular formula is C9H14O3. The minimum Gasteiger partial charge on any atom is -0.459 e. The van der Waals surface area contributed by atoms with Crippen LogP contribution in [0.2, 0.25) is 0 Å². The lowest BCUT2D eigenvalue weighted by Crippen LogP contribution is -2.26. The molecule has 0 aromatic heterocycles. The van der Waals surface area contributed by atoms with Crippen LogP contribution in [0.25, 0.3) is 0 Å². The van der Waals surface area contributed by atoms with Gasteiger partial charge in [0, 0.05) is 12.8 Å². The fourth-order valence-electron chi connectivity index (χ4n) is 1.75. The summed E-state index contributed by atoms with van der Waals surface area (Å²) in [6.45, 7) is 5.16. The number of carbonyl (C=O) groups excluding carboxylic acids is 2. The van der Waals surface area contributed by atoms with Crippen molar-refractivity contribution in [1.82, 2.24) is 0 Å². The standard InChI is InChI=1S/C9H14O3/c1-6-4-9(3,5-7(2)10)12-8(6)11/h6H,4-5H2,1-3H3/t6-,9-/m0/s1. The van der Waals surface area contributed by atoms with E-state index in [-0.39, 0.29) is 17.7 Å². The summed E-state index contributed by atoms with van der Waals surface area (Å²) >= 11 is 0. The van der Waals surface area contributed by atoms with Crippen LogP contribution in [0, 0.1) is 5.92 Å². The summed E-state index contributed by atoms with van der Waals surface area (Å²) < 4.78 is 5.11. The van der Waals surface area contributed by atoms with Gasteiger partial charge in [0.2, 0.25) is 0 Å². The Hall–Kier alpha value is -0.860. The lowest BCUT2D eigenvalue weighted by Gasteiger charge is -2.20. The molecule has 3 nitrogen and oxygen atoms in total. The number of hydrogen-bond acceptors (Lipinski definition) is 3. The van der Waals surface area contributed by atoms with Gasteiger partial charge in [0.1, 0.15) is 11.4 Å². The van der Waals surface area contributed by atoms with Gasteiger partial charge in [0.25, 0.3) is 0 Å². The van der Waals surface area contributed by atoms with Crippen LogP contribution < -0.4 is 0 Å². The minimum atomic E-state index is -0.539. The Labute approximate surface area is 72.1 Å². The van der Waals surface area contributed by atoms with E-state index in [1.165, 1.54) is 6.92 Å². The van der Waals surface area contributed by atoms with Crippen LogP contribution in [0.4, 0.5) is 0 Å². The number of rotatable bonds is 2. The maximum atomic E-state index is 11.0. The first-order valence-electron chi connectivity index (χ1n) is 4.15. The lowest BCUT2D eigenvalue weighted by molar-refractivity contribution is -0.150. The van der Waals surface area contributed by atoms with Gasteiger partial charge in [-0.2, -0.15) is 0 Å². The average molecular weight is 170 g/mol. The molecule has 12 heavy (non-hydrogen) atoms. The molecule has 0 aliphatic carbocycles. The molecule has 0 aromatic carbocycles. The predicted octanol–water partition coefficient (Wildman–Crippen LogP) is 1.31. The van der Waals surface area contributed by atoms with Gasteiger partial charge in [-0.3, -0.25) is 9.59 Å². The third-order valence-corrected chi connectivity index (χ3v) is 2.11. The zero-order valence-electron chi connectivity index (χ0n) is 7.72. The maximum Gasteiger partial charge on any atom is 0.309 e. The fourth-order valence-corrected chi connectivity index (χ4v) is 1.75. The van der Waals surface area contributed by atoms with Gasteiger partial charge in [-0.25, -0.2) is 0 Å². The Morgan fingerprint density at radius 1 is 1.75 bits per heavy atom. The van der Waals surface area contributed by atoms with Crippen LogP contribution in [-0.4, -0.2) is 17.4 Å². The third kappa shape index (κ3) is 1.84. The summed E-state index contributed by atoms with van der Waals surface area (Å²) in [5.74, 6) is -0.174. The molecule has 0 bridgehead atoms. The number of Topliss-reactive ketones (excluding diaryl/α,β-unsaturated/α-hetero) is 1. The molecule has 1 fully saturated rings. The van der Waals surface area contributed by atoms with E-state index in [1.807, 2.05) is 13.8 Å². The molecule has 0 spiro atoms. The largest absolute Gasteiger partial charge is 0.459 e. The van der Waals surface area contributed by atoms with E-state index in [0.29, 0.717) is 12.8 Å². The summed E-state index contributed by atoms with van der Waals surface area (Å²) in [5, 5.41) is 0. The Morgan fingerprint density at radius 2 is 2.33 bits per heavy atom. The lowest BCUT2D eigenvalue weighted by atomic mass is 9.92. The summed E-state index contributed by atoms with van der Waals surface area (Å²) in [6.07, 6.45) is 0.995. The number of ether oxygens (including phenoxy) is 1. The topological polar surface area (TPSA) is 43.4 Å². The smallest absolute Gasteiger partial charge is 0.309 e. The fraction of sp³-hybridized carbons (Fsp3) is 0.778. The van der Waals surface area contributed by atoms with Gasteiger partial charge in [-0.15, -0.1) is 0 Å². The Kier molecular flexibility index (Phi) is 2.22. The molecule has 3 heteroatoms. The van der Waals surface area contributed by atoms with Crippen molar-refractivity contribution in [2.24, 2.45) is 5.92 Å². The monoisotopic (exact) mass is 170 g/mol. The zero-order valence-corrected chi connectivity index (χ0v) is 7.72. The highest BCUT2D eigenvalue weighted by molar-refractivity contribution is 5.80. The number of ketones is 1. The van der Waals surface area contributed by atoms with Crippen LogP contribution >= 0.6 is 0 Å². The number of esters is 1. The van der Waals surface area contributed by atoms with Gasteiger partial charge >= 0.3 is 5.97 Å². The van der Waals surface area contributed by atoms with Crippen molar-refractivity contribution in [3.63, 3.8) is 0 Å². The molecule has 1 aliphatic heterocycles. The van der Waals surface area contributed by atoms with Crippen molar-refractivity contribution in [1.29, 1.82) is 0 Å². The molecule has 0 aromatic rings. The molecule has 0 radical (unpaired) electrons. The molecule has 1 heterocycles. The first kappa shape index (κ1) is 9.23. The molecule has 1 saturated heterocycles. The summed E-state index contributed by atoms with van der Waals surface area (Å²) in [6, 6.07) is 0. The second kappa shape index (κ2) is 2.88. The first-order chi connectivity index (χ1) is 5.43. The number of carbonyl (C=O) groups is 2. The summed E-state index contributed by atoms with van der Waals surface area (Å²) in [7, 11) is 0. The normalized spacial score (nSPS) is 34.9. The molecule has 0 N–H and O–H groups in total. The maximum absolute atomic E-state index is 11.0. The van der Waals surface area contributed by atoms with Crippen LogP contribution in [0.1, 0.15) is 33.6 Å². The van der Waals surface area contributed by atoms with Crippen LogP contribution in [0.15, 0.2) is 0 Å². The molecule has 0 unspecified atom stereocenters. The Balaban J connectivity index is 2.63. The van der Waals surface area contributed by atoms with Gasteiger partial charge in [-0.1, -0.05) is 6.92 Å². The van der Waals surface area contributed by atoms with E-state index in [1.54, 1.807) is 0 Å². The van der Waals surface area contributed by atoms with E-state index < -0.39 is 5.60 Å². The first-order valence-corrected chi connectivity index (χ1v) is 4.15. The van der Waals surface area contributed by atoms with Crippen molar-refractivity contribution in [2.45, 2.75) is 39.2 Å². The van der Waals surface area contributed by atoms with Crippen molar-refractivity contribution < 1.29 is 14.3 Å². The van der Waals surface area contributed by atoms with Gasteiger partial charge < -0.3 is 4.74 Å². The minimum absolute atomic E-state index is 0.0608.